The van der Waals surface area contributed by atoms with Crippen molar-refractivity contribution in [3.63, 3.8) is 0 Å². The van der Waals surface area contributed by atoms with Gasteiger partial charge in [-0.1, -0.05) is 0 Å². The SMILES string of the molecule is Clc1nc(N2CCSCC2)c2ncsc2n1. The van der Waals surface area contributed by atoms with E-state index in [2.05, 4.69) is 19.9 Å². The molecule has 1 aliphatic rings. The van der Waals surface area contributed by atoms with Gasteiger partial charge in [0.15, 0.2) is 10.6 Å². The fourth-order valence-electron chi connectivity index (χ4n) is 1.72. The molecule has 0 unspecified atom stereocenters. The monoisotopic (exact) mass is 272 g/mol. The molecule has 0 N–H and O–H groups in total. The maximum absolute atomic E-state index is 5.92. The zero-order valence-electron chi connectivity index (χ0n) is 8.39. The third-order valence-electron chi connectivity index (χ3n) is 2.46. The summed E-state index contributed by atoms with van der Waals surface area (Å²) >= 11 is 9.39. The lowest BCUT2D eigenvalue weighted by molar-refractivity contribution is 0.841. The van der Waals surface area contributed by atoms with Crippen LogP contribution in [0.25, 0.3) is 10.3 Å². The molecule has 0 saturated carbocycles. The molecule has 0 bridgehead atoms. The van der Waals surface area contributed by atoms with Crippen LogP contribution in [0.4, 0.5) is 5.82 Å². The Labute approximate surface area is 106 Å². The number of hydrogen-bond acceptors (Lipinski definition) is 6. The second-order valence-electron chi connectivity index (χ2n) is 3.42. The molecule has 2 aromatic heterocycles. The Morgan fingerprint density at radius 1 is 1.25 bits per heavy atom. The predicted octanol–water partition coefficient (Wildman–Crippen LogP) is 2.29. The smallest absolute Gasteiger partial charge is 0.225 e. The first-order valence-corrected chi connectivity index (χ1v) is 7.35. The van der Waals surface area contributed by atoms with Crippen molar-refractivity contribution in [1.82, 2.24) is 15.0 Å². The van der Waals surface area contributed by atoms with E-state index in [4.69, 9.17) is 11.6 Å². The minimum atomic E-state index is 0.310. The van der Waals surface area contributed by atoms with Crippen LogP contribution in [0, 0.1) is 0 Å². The Hall–Kier alpha value is -0.590. The molecule has 0 aromatic carbocycles. The number of aromatic nitrogens is 3. The second kappa shape index (κ2) is 4.35. The maximum atomic E-state index is 5.92. The molecule has 0 atom stereocenters. The van der Waals surface area contributed by atoms with Gasteiger partial charge >= 0.3 is 0 Å². The van der Waals surface area contributed by atoms with Crippen molar-refractivity contribution in [2.24, 2.45) is 0 Å². The van der Waals surface area contributed by atoms with Crippen LogP contribution in [0.2, 0.25) is 5.28 Å². The summed E-state index contributed by atoms with van der Waals surface area (Å²) in [6.45, 7) is 2.01. The van der Waals surface area contributed by atoms with E-state index in [0.29, 0.717) is 5.28 Å². The third-order valence-corrected chi connectivity index (χ3v) is 4.29. The Bertz CT molecular complexity index is 509. The summed E-state index contributed by atoms with van der Waals surface area (Å²) in [7, 11) is 0. The van der Waals surface area contributed by atoms with Crippen molar-refractivity contribution in [3.8, 4) is 0 Å². The first-order valence-electron chi connectivity index (χ1n) is 4.94. The number of hydrogen-bond donors (Lipinski definition) is 0. The molecule has 4 nitrogen and oxygen atoms in total. The van der Waals surface area contributed by atoms with Crippen LogP contribution in [0.5, 0.6) is 0 Å². The average Bonchev–Trinajstić information content (AvgIpc) is 2.77. The minimum absolute atomic E-state index is 0.310. The molecule has 1 saturated heterocycles. The summed E-state index contributed by atoms with van der Waals surface area (Å²) in [6.07, 6.45) is 0. The van der Waals surface area contributed by atoms with E-state index in [1.165, 1.54) is 11.3 Å². The van der Waals surface area contributed by atoms with E-state index in [0.717, 1.165) is 40.8 Å². The Balaban J connectivity index is 2.09. The van der Waals surface area contributed by atoms with Gasteiger partial charge in [0, 0.05) is 24.6 Å². The number of nitrogens with zero attached hydrogens (tertiary/aromatic N) is 4. The van der Waals surface area contributed by atoms with Gasteiger partial charge in [-0.25, -0.2) is 9.97 Å². The number of anilines is 1. The number of halogens is 1. The van der Waals surface area contributed by atoms with Crippen LogP contribution in [0.3, 0.4) is 0 Å². The quantitative estimate of drug-likeness (QED) is 0.745. The summed E-state index contributed by atoms with van der Waals surface area (Å²) in [5, 5.41) is 0.310. The Morgan fingerprint density at radius 2 is 2.06 bits per heavy atom. The normalized spacial score (nSPS) is 16.9. The predicted molar refractivity (Wildman–Crippen MR) is 69.8 cm³/mol. The van der Waals surface area contributed by atoms with Gasteiger partial charge in [-0.3, -0.25) is 0 Å². The van der Waals surface area contributed by atoms with E-state index in [-0.39, 0.29) is 0 Å². The minimum Gasteiger partial charge on any atom is -0.353 e. The molecule has 3 heterocycles. The molecule has 16 heavy (non-hydrogen) atoms. The first kappa shape index (κ1) is 10.6. The summed E-state index contributed by atoms with van der Waals surface area (Å²) in [6, 6.07) is 0. The van der Waals surface area contributed by atoms with E-state index >= 15 is 0 Å². The molecule has 0 radical (unpaired) electrons. The fraction of sp³-hybridized carbons (Fsp3) is 0.444. The standard InChI is InChI=1S/C9H9ClN4S2/c10-9-12-7(14-1-3-15-4-2-14)6-8(13-9)16-5-11-6/h5H,1-4H2. The van der Waals surface area contributed by atoms with Crippen LogP contribution in [0.1, 0.15) is 0 Å². The molecule has 7 heteroatoms. The molecular formula is C9H9ClN4S2. The highest BCUT2D eigenvalue weighted by molar-refractivity contribution is 7.99. The second-order valence-corrected chi connectivity index (χ2v) is 5.82. The molecule has 0 amide bonds. The molecule has 1 aliphatic heterocycles. The van der Waals surface area contributed by atoms with Crippen molar-refractivity contribution in [2.75, 3.05) is 29.5 Å². The fourth-order valence-corrected chi connectivity index (χ4v) is 3.49. The van der Waals surface area contributed by atoms with Gasteiger partial charge in [-0.15, -0.1) is 11.3 Å². The van der Waals surface area contributed by atoms with Crippen LogP contribution in [-0.4, -0.2) is 39.5 Å². The molecular weight excluding hydrogens is 264 g/mol. The van der Waals surface area contributed by atoms with E-state index in [9.17, 15) is 0 Å². The van der Waals surface area contributed by atoms with Crippen molar-refractivity contribution < 1.29 is 0 Å². The van der Waals surface area contributed by atoms with Crippen LogP contribution in [-0.2, 0) is 0 Å². The van der Waals surface area contributed by atoms with Crippen molar-refractivity contribution in [3.05, 3.63) is 10.8 Å². The summed E-state index contributed by atoms with van der Waals surface area (Å²) in [5.41, 5.74) is 2.67. The molecule has 2 aromatic rings. The summed E-state index contributed by atoms with van der Waals surface area (Å²) < 4.78 is 0. The Kier molecular flexibility index (Phi) is 2.87. The van der Waals surface area contributed by atoms with E-state index in [1.54, 1.807) is 5.51 Å². The topological polar surface area (TPSA) is 41.9 Å². The lowest BCUT2D eigenvalue weighted by Crippen LogP contribution is -2.33. The maximum Gasteiger partial charge on any atom is 0.225 e. The van der Waals surface area contributed by atoms with Crippen LogP contribution >= 0.6 is 34.7 Å². The lowest BCUT2D eigenvalue weighted by atomic mass is 10.4. The van der Waals surface area contributed by atoms with Gasteiger partial charge < -0.3 is 4.90 Å². The van der Waals surface area contributed by atoms with Gasteiger partial charge in [0.2, 0.25) is 5.28 Å². The molecule has 3 rings (SSSR count). The van der Waals surface area contributed by atoms with Crippen LogP contribution < -0.4 is 4.90 Å². The molecule has 0 spiro atoms. The third kappa shape index (κ3) is 1.85. The number of thioether (sulfide) groups is 1. The van der Waals surface area contributed by atoms with Crippen molar-refractivity contribution in [2.45, 2.75) is 0 Å². The summed E-state index contributed by atoms with van der Waals surface area (Å²) in [4.78, 5) is 15.9. The largest absolute Gasteiger partial charge is 0.353 e. The van der Waals surface area contributed by atoms with Gasteiger partial charge in [0.25, 0.3) is 0 Å². The number of fused-ring (bicyclic) bond motifs is 1. The Morgan fingerprint density at radius 3 is 2.88 bits per heavy atom. The average molecular weight is 273 g/mol. The zero-order chi connectivity index (χ0) is 11.0. The van der Waals surface area contributed by atoms with Gasteiger partial charge in [-0.2, -0.15) is 16.7 Å². The first-order chi connectivity index (χ1) is 7.84. The van der Waals surface area contributed by atoms with E-state index in [1.807, 2.05) is 11.8 Å². The highest BCUT2D eigenvalue weighted by atomic mass is 35.5. The number of rotatable bonds is 1. The summed E-state index contributed by atoms with van der Waals surface area (Å²) in [5.74, 6) is 3.15. The molecule has 1 fully saturated rings. The molecule has 0 aliphatic carbocycles. The van der Waals surface area contributed by atoms with Gasteiger partial charge in [0.1, 0.15) is 5.52 Å². The van der Waals surface area contributed by atoms with Gasteiger partial charge in [0.05, 0.1) is 5.51 Å². The van der Waals surface area contributed by atoms with Crippen molar-refractivity contribution in [1.29, 1.82) is 0 Å². The van der Waals surface area contributed by atoms with Gasteiger partial charge in [-0.05, 0) is 11.6 Å². The molecule has 84 valence electrons. The van der Waals surface area contributed by atoms with E-state index < -0.39 is 0 Å². The lowest BCUT2D eigenvalue weighted by Gasteiger charge is -2.27. The van der Waals surface area contributed by atoms with Crippen LogP contribution in [0.15, 0.2) is 5.51 Å². The number of thiazole rings is 1. The van der Waals surface area contributed by atoms with Crippen molar-refractivity contribution >= 4 is 50.9 Å². The zero-order valence-corrected chi connectivity index (χ0v) is 10.8. The highest BCUT2D eigenvalue weighted by Crippen LogP contribution is 2.28. The highest BCUT2D eigenvalue weighted by Gasteiger charge is 2.18.